The van der Waals surface area contributed by atoms with Crippen LogP contribution in [0.1, 0.15) is 37.7 Å². The lowest BCUT2D eigenvalue weighted by atomic mass is 10.1. The second kappa shape index (κ2) is 15.1. The summed E-state index contributed by atoms with van der Waals surface area (Å²) in [5, 5.41) is 7.58. The van der Waals surface area contributed by atoms with Gasteiger partial charge in [-0.25, -0.2) is 5.06 Å². The number of ether oxygens (including phenoxy) is 1. The van der Waals surface area contributed by atoms with Crippen molar-refractivity contribution in [3.8, 4) is 0 Å². The molecule has 39 heavy (non-hydrogen) atoms. The van der Waals surface area contributed by atoms with Gasteiger partial charge < -0.3 is 15.4 Å². The molecule has 1 aliphatic rings. The van der Waals surface area contributed by atoms with Gasteiger partial charge in [0, 0.05) is 50.7 Å². The highest BCUT2D eigenvalue weighted by Gasteiger charge is 2.21. The molecule has 208 valence electrons. The van der Waals surface area contributed by atoms with Crippen molar-refractivity contribution in [3.05, 3.63) is 80.9 Å². The summed E-state index contributed by atoms with van der Waals surface area (Å²) >= 11 is 0. The molecular formula is C29H37N5O5. The molecule has 1 aliphatic heterocycles. The molecule has 2 heterocycles. The molecule has 1 fully saturated rings. The van der Waals surface area contributed by atoms with Gasteiger partial charge in [-0.15, -0.1) is 0 Å². The van der Waals surface area contributed by atoms with Crippen molar-refractivity contribution in [3.63, 3.8) is 0 Å². The fraction of sp³-hybridized carbons (Fsp3) is 0.448. The topological polar surface area (TPSA) is 113 Å². The van der Waals surface area contributed by atoms with Crippen LogP contribution in [-0.2, 0) is 20.9 Å². The quantitative estimate of drug-likeness (QED) is 0.162. The molecule has 1 saturated heterocycles. The Morgan fingerprint density at radius 3 is 2.44 bits per heavy atom. The first kappa shape index (κ1) is 28.4. The number of morpholine rings is 1. The van der Waals surface area contributed by atoms with E-state index in [1.165, 1.54) is 5.06 Å². The predicted octanol–water partition coefficient (Wildman–Crippen LogP) is 3.08. The van der Waals surface area contributed by atoms with Crippen molar-refractivity contribution >= 4 is 23.0 Å². The van der Waals surface area contributed by atoms with E-state index < -0.39 is 10.9 Å². The maximum absolute atomic E-state index is 13.0. The second-order valence-corrected chi connectivity index (χ2v) is 9.56. The van der Waals surface area contributed by atoms with Crippen LogP contribution in [0, 0.1) is 0 Å². The Morgan fingerprint density at radius 1 is 0.949 bits per heavy atom. The zero-order valence-electron chi connectivity index (χ0n) is 22.3. The predicted molar refractivity (Wildman–Crippen MR) is 151 cm³/mol. The summed E-state index contributed by atoms with van der Waals surface area (Å²) in [4.78, 5) is 49.1. The molecule has 0 atom stereocenters. The van der Waals surface area contributed by atoms with Gasteiger partial charge in [-0.1, -0.05) is 43.2 Å². The maximum atomic E-state index is 13.0. The van der Waals surface area contributed by atoms with E-state index >= 15 is 0 Å². The number of unbranched alkanes of at least 4 members (excludes halogenated alkanes) is 3. The molecule has 0 bridgehead atoms. The van der Waals surface area contributed by atoms with Gasteiger partial charge in [0.15, 0.2) is 0 Å². The third-order valence-electron chi connectivity index (χ3n) is 6.68. The molecule has 1 amide bonds. The number of hydroxylamine groups is 2. The highest BCUT2D eigenvalue weighted by Crippen LogP contribution is 2.20. The Kier molecular flexibility index (Phi) is 11.0. The molecule has 0 radical (unpaired) electrons. The summed E-state index contributed by atoms with van der Waals surface area (Å²) in [5.41, 5.74) is 1.35. The summed E-state index contributed by atoms with van der Waals surface area (Å²) in [5.74, 6) is -0.0190. The van der Waals surface area contributed by atoms with Crippen molar-refractivity contribution < 1.29 is 14.4 Å². The minimum absolute atomic E-state index is 0.0190. The van der Waals surface area contributed by atoms with Gasteiger partial charge in [-0.05, 0) is 30.5 Å². The van der Waals surface area contributed by atoms with Crippen LogP contribution in [0.4, 0.5) is 17.1 Å². The zero-order chi connectivity index (χ0) is 27.3. The Labute approximate surface area is 228 Å². The van der Waals surface area contributed by atoms with E-state index in [1.54, 1.807) is 24.5 Å². The number of aromatic nitrogens is 1. The number of rotatable bonds is 16. The van der Waals surface area contributed by atoms with Crippen molar-refractivity contribution in [2.45, 2.75) is 38.6 Å². The minimum Gasteiger partial charge on any atom is -0.380 e. The summed E-state index contributed by atoms with van der Waals surface area (Å²) in [6, 6.07) is 13.3. The van der Waals surface area contributed by atoms with Crippen molar-refractivity contribution in [2.24, 2.45) is 0 Å². The van der Waals surface area contributed by atoms with E-state index in [2.05, 4.69) is 20.5 Å². The van der Waals surface area contributed by atoms with Gasteiger partial charge in [0.05, 0.1) is 26.4 Å². The Morgan fingerprint density at radius 2 is 1.67 bits per heavy atom. The number of benzene rings is 1. The van der Waals surface area contributed by atoms with E-state index in [9.17, 15) is 14.4 Å². The van der Waals surface area contributed by atoms with Gasteiger partial charge in [-0.3, -0.25) is 29.1 Å². The molecule has 10 heteroatoms. The molecule has 0 saturated carbocycles. The number of hydrogen-bond donors (Lipinski definition) is 2. The first-order valence-electron chi connectivity index (χ1n) is 13.6. The van der Waals surface area contributed by atoms with Crippen LogP contribution in [0.25, 0.3) is 0 Å². The fourth-order valence-corrected chi connectivity index (χ4v) is 4.41. The molecule has 2 aromatic carbocycles. The number of amides is 1. The number of carbonyl (C=O) groups is 1. The van der Waals surface area contributed by atoms with E-state index in [0.717, 1.165) is 64.1 Å². The number of hydrogen-bond acceptors (Lipinski definition) is 9. The van der Waals surface area contributed by atoms with Crippen LogP contribution in [0.3, 0.4) is 0 Å². The maximum Gasteiger partial charge on any atom is 0.253 e. The number of carbonyl (C=O) groups excluding carboxylic acids is 1. The molecule has 10 nitrogen and oxygen atoms in total. The van der Waals surface area contributed by atoms with Crippen LogP contribution in [0.2, 0.25) is 0 Å². The Bertz CT molecular complexity index is 1220. The Hall–Kier alpha value is -3.60. The Balaban J connectivity index is 1.15. The van der Waals surface area contributed by atoms with Gasteiger partial charge in [-0.2, -0.15) is 0 Å². The molecule has 0 spiro atoms. The number of nitrogens with one attached hydrogen (secondary N) is 2. The summed E-state index contributed by atoms with van der Waals surface area (Å²) in [7, 11) is 0. The highest BCUT2D eigenvalue weighted by atomic mass is 16.7. The number of pyridine rings is 1. The molecule has 4 rings (SSSR count). The molecule has 2 N–H and O–H groups in total. The summed E-state index contributed by atoms with van der Waals surface area (Å²) in [6.07, 6.45) is 7.01. The normalized spacial score (nSPS) is 13.8. The minimum atomic E-state index is -0.514. The second-order valence-electron chi connectivity index (χ2n) is 9.56. The van der Waals surface area contributed by atoms with E-state index in [1.807, 2.05) is 30.3 Å². The average molecular weight is 536 g/mol. The third kappa shape index (κ3) is 8.71. The fourth-order valence-electron chi connectivity index (χ4n) is 4.41. The largest absolute Gasteiger partial charge is 0.380 e. The van der Waals surface area contributed by atoms with Crippen LogP contribution in [0.15, 0.2) is 64.4 Å². The monoisotopic (exact) mass is 535 g/mol. The van der Waals surface area contributed by atoms with Gasteiger partial charge in [0.25, 0.3) is 10.9 Å². The third-order valence-corrected chi connectivity index (χ3v) is 6.68. The summed E-state index contributed by atoms with van der Waals surface area (Å²) in [6.45, 7) is 5.46. The van der Waals surface area contributed by atoms with Crippen molar-refractivity contribution in [1.82, 2.24) is 14.9 Å². The average Bonchev–Trinajstić information content (AvgIpc) is 2.98. The first-order chi connectivity index (χ1) is 19.1. The summed E-state index contributed by atoms with van der Waals surface area (Å²) < 4.78 is 5.39. The van der Waals surface area contributed by atoms with Crippen LogP contribution < -0.4 is 21.5 Å². The highest BCUT2D eigenvalue weighted by molar-refractivity contribution is 5.78. The zero-order valence-corrected chi connectivity index (χ0v) is 22.3. The molecular weight excluding hydrogens is 498 g/mol. The van der Waals surface area contributed by atoms with Gasteiger partial charge in [0.2, 0.25) is 5.91 Å². The molecule has 0 aliphatic carbocycles. The smallest absolute Gasteiger partial charge is 0.253 e. The SMILES string of the molecule is O=C(CCCCCCNc1c(Nc2ccncc2)c(=O)c1=O)N(Cc1ccccc1)OCCN1CCOCC1. The van der Waals surface area contributed by atoms with Crippen molar-refractivity contribution in [2.75, 3.05) is 56.6 Å². The molecule has 1 aromatic heterocycles. The van der Waals surface area contributed by atoms with Crippen LogP contribution >= 0.6 is 0 Å². The lowest BCUT2D eigenvalue weighted by Crippen LogP contribution is -2.40. The van der Waals surface area contributed by atoms with E-state index in [0.29, 0.717) is 43.2 Å². The van der Waals surface area contributed by atoms with Gasteiger partial charge >= 0.3 is 0 Å². The van der Waals surface area contributed by atoms with E-state index in [-0.39, 0.29) is 5.91 Å². The van der Waals surface area contributed by atoms with E-state index in [4.69, 9.17) is 9.57 Å². The lowest BCUT2D eigenvalue weighted by Gasteiger charge is -2.28. The molecule has 0 unspecified atom stereocenters. The van der Waals surface area contributed by atoms with Gasteiger partial charge in [0.1, 0.15) is 11.4 Å². The standard InChI is InChI=1S/C29H37N5O5/c35-25(34(22-23-8-4-3-5-9-23)39-21-18-33-16-19-38-20-17-33)10-6-1-2-7-13-31-26-27(29(37)28(26)36)32-24-11-14-30-15-12-24/h3-5,8-9,11-12,14-15,31H,1-2,6-7,10,13,16-22H2,(H,30,32). The number of nitrogens with zero attached hydrogens (tertiary/aromatic N) is 3. The van der Waals surface area contributed by atoms with Crippen LogP contribution in [-0.4, -0.2) is 66.9 Å². The van der Waals surface area contributed by atoms with Crippen LogP contribution in [0.5, 0.6) is 0 Å². The number of anilines is 3. The molecule has 3 aromatic rings. The van der Waals surface area contributed by atoms with Crippen molar-refractivity contribution in [1.29, 1.82) is 0 Å². The first-order valence-corrected chi connectivity index (χ1v) is 13.6. The lowest BCUT2D eigenvalue weighted by molar-refractivity contribution is -0.192.